The second-order valence-electron chi connectivity index (χ2n) is 9.17. The Labute approximate surface area is 187 Å². The first-order valence-electron chi connectivity index (χ1n) is 11.3. The highest BCUT2D eigenvalue weighted by Crippen LogP contribution is 2.24. The van der Waals surface area contributed by atoms with Crippen LogP contribution < -0.4 is 10.6 Å². The van der Waals surface area contributed by atoms with Gasteiger partial charge in [0.05, 0.1) is 6.04 Å². The number of carbonyl (C=O) groups excluding carboxylic acids is 2. The standard InChI is InChI=1S/C24H37N3O2.ClH/c1-17(2)20-8-10-21(11-9-20)18(3)14-23(28)27-13-5-6-19(16-27)15-26-24(29)22-7-4-12-25-22;/h8-11,17-19,22,25H,4-7,12-16H2,1-3H3,(H,26,29);1H. The third-order valence-electron chi connectivity index (χ3n) is 6.47. The summed E-state index contributed by atoms with van der Waals surface area (Å²) in [5.74, 6) is 1.45. The molecule has 2 aliphatic rings. The summed E-state index contributed by atoms with van der Waals surface area (Å²) in [5.41, 5.74) is 2.56. The van der Waals surface area contributed by atoms with Crippen molar-refractivity contribution in [1.29, 1.82) is 0 Å². The lowest BCUT2D eigenvalue weighted by Gasteiger charge is -2.33. The molecular formula is C24H38ClN3O2. The van der Waals surface area contributed by atoms with Gasteiger partial charge in [-0.15, -0.1) is 12.4 Å². The molecule has 30 heavy (non-hydrogen) atoms. The van der Waals surface area contributed by atoms with Crippen molar-refractivity contribution < 1.29 is 9.59 Å². The van der Waals surface area contributed by atoms with Crippen molar-refractivity contribution in [3.05, 3.63) is 35.4 Å². The summed E-state index contributed by atoms with van der Waals surface area (Å²) in [5, 5.41) is 6.34. The maximum atomic E-state index is 12.9. The van der Waals surface area contributed by atoms with Gasteiger partial charge in [-0.25, -0.2) is 0 Å². The van der Waals surface area contributed by atoms with Crippen LogP contribution in [0.2, 0.25) is 0 Å². The molecule has 0 saturated carbocycles. The maximum absolute atomic E-state index is 12.9. The molecule has 0 aliphatic carbocycles. The van der Waals surface area contributed by atoms with Gasteiger partial charge in [0.15, 0.2) is 0 Å². The Kier molecular flexibility index (Phi) is 9.63. The van der Waals surface area contributed by atoms with Crippen LogP contribution in [0.25, 0.3) is 0 Å². The van der Waals surface area contributed by atoms with Crippen molar-refractivity contribution in [3.8, 4) is 0 Å². The number of likely N-dealkylation sites (tertiary alicyclic amines) is 1. The van der Waals surface area contributed by atoms with Crippen LogP contribution in [0.1, 0.15) is 75.8 Å². The molecular weight excluding hydrogens is 398 g/mol. The van der Waals surface area contributed by atoms with Gasteiger partial charge >= 0.3 is 0 Å². The lowest BCUT2D eigenvalue weighted by atomic mass is 9.93. The van der Waals surface area contributed by atoms with Gasteiger partial charge in [-0.2, -0.15) is 0 Å². The quantitative estimate of drug-likeness (QED) is 0.684. The summed E-state index contributed by atoms with van der Waals surface area (Å²) in [6.45, 7) is 9.74. The molecule has 2 N–H and O–H groups in total. The Morgan fingerprint density at radius 2 is 1.80 bits per heavy atom. The van der Waals surface area contributed by atoms with Gasteiger partial charge < -0.3 is 15.5 Å². The minimum atomic E-state index is -0.0285. The van der Waals surface area contributed by atoms with E-state index in [2.05, 4.69) is 55.7 Å². The highest BCUT2D eigenvalue weighted by atomic mass is 35.5. The zero-order chi connectivity index (χ0) is 20.8. The third-order valence-corrected chi connectivity index (χ3v) is 6.47. The van der Waals surface area contributed by atoms with Crippen molar-refractivity contribution in [2.45, 2.75) is 70.8 Å². The second kappa shape index (κ2) is 11.7. The Morgan fingerprint density at radius 3 is 2.43 bits per heavy atom. The molecule has 0 aromatic heterocycles. The molecule has 0 spiro atoms. The fourth-order valence-corrected chi connectivity index (χ4v) is 4.45. The Balaban J connectivity index is 0.00000320. The lowest BCUT2D eigenvalue weighted by molar-refractivity contribution is -0.133. The Morgan fingerprint density at radius 1 is 1.10 bits per heavy atom. The van der Waals surface area contributed by atoms with Crippen molar-refractivity contribution in [2.24, 2.45) is 5.92 Å². The van der Waals surface area contributed by atoms with Gasteiger partial charge in [0.1, 0.15) is 0 Å². The number of carbonyl (C=O) groups is 2. The molecule has 2 aliphatic heterocycles. The normalized spacial score (nSPS) is 22.5. The summed E-state index contributed by atoms with van der Waals surface area (Å²) in [7, 11) is 0. The monoisotopic (exact) mass is 435 g/mol. The van der Waals surface area contributed by atoms with Crippen LogP contribution in [0.4, 0.5) is 0 Å². The molecule has 6 heteroatoms. The molecule has 2 amide bonds. The molecule has 2 heterocycles. The first-order valence-corrected chi connectivity index (χ1v) is 11.3. The summed E-state index contributed by atoms with van der Waals surface area (Å²) >= 11 is 0. The van der Waals surface area contributed by atoms with Crippen LogP contribution in [0.3, 0.4) is 0 Å². The highest BCUT2D eigenvalue weighted by molar-refractivity contribution is 5.85. The van der Waals surface area contributed by atoms with Crippen molar-refractivity contribution in [2.75, 3.05) is 26.2 Å². The van der Waals surface area contributed by atoms with E-state index in [0.717, 1.165) is 45.3 Å². The molecule has 1 aromatic carbocycles. The predicted molar refractivity (Wildman–Crippen MR) is 124 cm³/mol. The van der Waals surface area contributed by atoms with E-state index in [4.69, 9.17) is 0 Å². The van der Waals surface area contributed by atoms with Crippen molar-refractivity contribution >= 4 is 24.2 Å². The van der Waals surface area contributed by atoms with Crippen LogP contribution in [-0.2, 0) is 9.59 Å². The van der Waals surface area contributed by atoms with Crippen molar-refractivity contribution in [1.82, 2.24) is 15.5 Å². The molecule has 0 radical (unpaired) electrons. The van der Waals surface area contributed by atoms with Gasteiger partial charge in [-0.05, 0) is 61.1 Å². The van der Waals surface area contributed by atoms with Crippen LogP contribution in [0.15, 0.2) is 24.3 Å². The first kappa shape index (κ1) is 24.7. The second-order valence-corrected chi connectivity index (χ2v) is 9.17. The van der Waals surface area contributed by atoms with E-state index >= 15 is 0 Å². The van der Waals surface area contributed by atoms with Gasteiger partial charge in [0.25, 0.3) is 0 Å². The number of piperidine rings is 1. The van der Waals surface area contributed by atoms with Crippen LogP contribution >= 0.6 is 12.4 Å². The molecule has 3 atom stereocenters. The number of hydrogen-bond acceptors (Lipinski definition) is 3. The number of rotatable bonds is 7. The average Bonchev–Trinajstić information content (AvgIpc) is 3.27. The minimum absolute atomic E-state index is 0. The van der Waals surface area contributed by atoms with E-state index in [1.54, 1.807) is 0 Å². The molecule has 0 bridgehead atoms. The molecule has 3 unspecified atom stereocenters. The largest absolute Gasteiger partial charge is 0.354 e. The van der Waals surface area contributed by atoms with E-state index < -0.39 is 0 Å². The summed E-state index contributed by atoms with van der Waals surface area (Å²) in [4.78, 5) is 27.1. The smallest absolute Gasteiger partial charge is 0.237 e. The molecule has 2 saturated heterocycles. The van der Waals surface area contributed by atoms with E-state index in [0.29, 0.717) is 24.8 Å². The summed E-state index contributed by atoms with van der Waals surface area (Å²) in [6.07, 6.45) is 4.64. The maximum Gasteiger partial charge on any atom is 0.237 e. The average molecular weight is 436 g/mol. The number of benzene rings is 1. The zero-order valence-electron chi connectivity index (χ0n) is 18.7. The molecule has 3 rings (SSSR count). The van der Waals surface area contributed by atoms with Crippen LogP contribution in [-0.4, -0.2) is 48.9 Å². The third kappa shape index (κ3) is 6.71. The zero-order valence-corrected chi connectivity index (χ0v) is 19.5. The van der Waals surface area contributed by atoms with E-state index in [9.17, 15) is 9.59 Å². The summed E-state index contributed by atoms with van der Waals surface area (Å²) < 4.78 is 0. The molecule has 168 valence electrons. The molecule has 5 nitrogen and oxygen atoms in total. The van der Waals surface area contributed by atoms with E-state index in [-0.39, 0.29) is 36.2 Å². The fourth-order valence-electron chi connectivity index (χ4n) is 4.45. The van der Waals surface area contributed by atoms with Gasteiger partial charge in [0.2, 0.25) is 11.8 Å². The van der Waals surface area contributed by atoms with Crippen LogP contribution in [0.5, 0.6) is 0 Å². The predicted octanol–water partition coefficient (Wildman–Crippen LogP) is 3.83. The van der Waals surface area contributed by atoms with Crippen molar-refractivity contribution in [3.63, 3.8) is 0 Å². The minimum Gasteiger partial charge on any atom is -0.354 e. The molecule has 2 fully saturated rings. The van der Waals surface area contributed by atoms with Gasteiger partial charge in [-0.3, -0.25) is 9.59 Å². The highest BCUT2D eigenvalue weighted by Gasteiger charge is 2.27. The van der Waals surface area contributed by atoms with E-state index in [1.807, 2.05) is 4.90 Å². The van der Waals surface area contributed by atoms with Gasteiger partial charge in [-0.1, -0.05) is 45.0 Å². The molecule has 1 aromatic rings. The van der Waals surface area contributed by atoms with Gasteiger partial charge in [0, 0.05) is 26.1 Å². The Bertz CT molecular complexity index is 686. The Hall–Kier alpha value is -1.59. The van der Waals surface area contributed by atoms with Crippen LogP contribution in [0, 0.1) is 5.92 Å². The number of nitrogens with one attached hydrogen (secondary N) is 2. The number of amides is 2. The number of nitrogens with zero attached hydrogens (tertiary/aromatic N) is 1. The topological polar surface area (TPSA) is 61.4 Å². The first-order chi connectivity index (χ1) is 13.9. The lowest BCUT2D eigenvalue weighted by Crippen LogP contribution is -2.46. The van der Waals surface area contributed by atoms with E-state index in [1.165, 1.54) is 11.1 Å². The SMILES string of the molecule is CC(C)c1ccc(C(C)CC(=O)N2CCCC(CNC(=O)C3CCCN3)C2)cc1.Cl. The number of hydrogen-bond donors (Lipinski definition) is 2. The number of halogens is 1. The fraction of sp³-hybridized carbons (Fsp3) is 0.667. The summed E-state index contributed by atoms with van der Waals surface area (Å²) in [6, 6.07) is 8.66.